The summed E-state index contributed by atoms with van der Waals surface area (Å²) in [4.78, 5) is 10.3. The minimum Gasteiger partial charge on any atom is -0.507 e. The molecule has 0 unspecified atom stereocenters. The Balaban J connectivity index is 2.46. The maximum absolute atomic E-state index is 10.7. The summed E-state index contributed by atoms with van der Waals surface area (Å²) in [5.41, 5.74) is 0.0252. The van der Waals surface area contributed by atoms with Crippen molar-refractivity contribution in [1.82, 2.24) is 0 Å². The Hall–Kier alpha value is -2.62. The largest absolute Gasteiger partial charge is 0.507 e. The van der Waals surface area contributed by atoms with Gasteiger partial charge in [0.15, 0.2) is 0 Å². The van der Waals surface area contributed by atoms with Gasteiger partial charge in [0.05, 0.1) is 4.92 Å². The van der Waals surface area contributed by atoms with E-state index in [1.807, 2.05) is 24.3 Å². The molecule has 0 bridgehead atoms. The van der Waals surface area contributed by atoms with Gasteiger partial charge < -0.3 is 5.11 Å². The van der Waals surface area contributed by atoms with Crippen LogP contribution in [0.4, 0.5) is 5.69 Å². The molecule has 0 aliphatic rings. The van der Waals surface area contributed by atoms with Crippen LogP contribution in [0.5, 0.6) is 5.75 Å². The highest BCUT2D eigenvalue weighted by Crippen LogP contribution is 2.34. The highest BCUT2D eigenvalue weighted by Gasteiger charge is 2.10. The monoisotopic (exact) mass is 239 g/mol. The summed E-state index contributed by atoms with van der Waals surface area (Å²) < 4.78 is 0. The van der Waals surface area contributed by atoms with Crippen LogP contribution >= 0.6 is 0 Å². The number of hydrogen-bond donors (Lipinski definition) is 1. The molecule has 0 saturated carbocycles. The minimum atomic E-state index is -0.439. The van der Waals surface area contributed by atoms with Gasteiger partial charge in [-0.1, -0.05) is 24.3 Å². The Bertz CT molecular complexity index is 780. The van der Waals surface area contributed by atoms with Gasteiger partial charge in [-0.05, 0) is 28.3 Å². The highest BCUT2D eigenvalue weighted by molar-refractivity contribution is 6.10. The number of non-ortho nitro benzene ring substituents is 1. The third-order valence-electron chi connectivity index (χ3n) is 3.03. The zero-order valence-corrected chi connectivity index (χ0v) is 9.33. The summed E-state index contributed by atoms with van der Waals surface area (Å²) in [6.07, 6.45) is 0. The Labute approximate surface area is 102 Å². The predicted molar refractivity (Wildman–Crippen MR) is 69.8 cm³/mol. The molecule has 3 rings (SSSR count). The lowest BCUT2D eigenvalue weighted by Gasteiger charge is -2.05. The van der Waals surface area contributed by atoms with Crippen molar-refractivity contribution >= 4 is 27.2 Å². The number of phenolic OH excluding ortho intramolecular Hbond substituents is 1. The van der Waals surface area contributed by atoms with Gasteiger partial charge in [0.25, 0.3) is 5.69 Å². The molecule has 88 valence electrons. The van der Waals surface area contributed by atoms with Gasteiger partial charge in [-0.25, -0.2) is 0 Å². The van der Waals surface area contributed by atoms with Gasteiger partial charge in [-0.15, -0.1) is 0 Å². The maximum atomic E-state index is 10.7. The van der Waals surface area contributed by atoms with E-state index in [4.69, 9.17) is 0 Å². The lowest BCUT2D eigenvalue weighted by atomic mass is 10.0. The molecule has 3 aromatic rings. The smallest absolute Gasteiger partial charge is 0.270 e. The molecule has 0 atom stereocenters. The fourth-order valence-corrected chi connectivity index (χ4v) is 2.19. The van der Waals surface area contributed by atoms with E-state index in [2.05, 4.69) is 0 Å². The number of aromatic hydroxyl groups is 1. The van der Waals surface area contributed by atoms with Crippen molar-refractivity contribution in [1.29, 1.82) is 0 Å². The Morgan fingerprint density at radius 1 is 0.944 bits per heavy atom. The van der Waals surface area contributed by atoms with Crippen LogP contribution in [0.1, 0.15) is 0 Å². The zero-order valence-electron chi connectivity index (χ0n) is 9.33. The summed E-state index contributed by atoms with van der Waals surface area (Å²) in [5.74, 6) is 0.138. The third kappa shape index (κ3) is 1.47. The Kier molecular flexibility index (Phi) is 2.16. The molecule has 0 aliphatic heterocycles. The average molecular weight is 239 g/mol. The van der Waals surface area contributed by atoms with Crippen molar-refractivity contribution in [3.63, 3.8) is 0 Å². The van der Waals surface area contributed by atoms with Crippen LogP contribution in [0.15, 0.2) is 48.5 Å². The Morgan fingerprint density at radius 3 is 2.39 bits per heavy atom. The second kappa shape index (κ2) is 3.70. The molecule has 0 heterocycles. The topological polar surface area (TPSA) is 63.4 Å². The summed E-state index contributed by atoms with van der Waals surface area (Å²) in [6, 6.07) is 13.7. The van der Waals surface area contributed by atoms with Crippen LogP contribution in [0.2, 0.25) is 0 Å². The van der Waals surface area contributed by atoms with Gasteiger partial charge in [-0.2, -0.15) is 0 Å². The number of nitro benzene ring substituents is 1. The molecule has 18 heavy (non-hydrogen) atoms. The molecule has 0 saturated heterocycles. The van der Waals surface area contributed by atoms with Gasteiger partial charge in [0, 0.05) is 17.5 Å². The first kappa shape index (κ1) is 10.5. The second-order valence-electron chi connectivity index (χ2n) is 4.10. The normalized spacial score (nSPS) is 10.9. The van der Waals surface area contributed by atoms with Crippen molar-refractivity contribution in [3.8, 4) is 5.75 Å². The van der Waals surface area contributed by atoms with Crippen LogP contribution < -0.4 is 0 Å². The number of nitro groups is 1. The zero-order chi connectivity index (χ0) is 12.7. The molecule has 0 radical (unpaired) electrons. The van der Waals surface area contributed by atoms with E-state index in [0.717, 1.165) is 16.2 Å². The lowest BCUT2D eigenvalue weighted by molar-refractivity contribution is -0.384. The molecule has 1 N–H and O–H groups in total. The third-order valence-corrected chi connectivity index (χ3v) is 3.03. The van der Waals surface area contributed by atoms with Crippen molar-refractivity contribution < 1.29 is 10.0 Å². The average Bonchev–Trinajstić information content (AvgIpc) is 2.38. The van der Waals surface area contributed by atoms with E-state index < -0.39 is 4.92 Å². The number of hydrogen-bond acceptors (Lipinski definition) is 3. The molecule has 0 fully saturated rings. The molecule has 0 aliphatic carbocycles. The SMILES string of the molecule is O=[N+]([O-])c1ccc2c(c1)cc(O)c1ccccc12. The number of benzene rings is 3. The van der Waals surface area contributed by atoms with Gasteiger partial charge >= 0.3 is 0 Å². The molecular weight excluding hydrogens is 230 g/mol. The first-order valence-corrected chi connectivity index (χ1v) is 5.46. The van der Waals surface area contributed by atoms with E-state index >= 15 is 0 Å². The highest BCUT2D eigenvalue weighted by atomic mass is 16.6. The van der Waals surface area contributed by atoms with Crippen LogP contribution in [-0.2, 0) is 0 Å². The standard InChI is InChI=1S/C14H9NO3/c16-14-8-9-7-10(15(17)18)5-6-11(9)12-3-1-2-4-13(12)14/h1-8,16H. The second-order valence-corrected chi connectivity index (χ2v) is 4.10. The first-order chi connectivity index (χ1) is 8.66. The van der Waals surface area contributed by atoms with Crippen LogP contribution in [-0.4, -0.2) is 10.0 Å². The number of fused-ring (bicyclic) bond motifs is 3. The fourth-order valence-electron chi connectivity index (χ4n) is 2.19. The molecule has 0 amide bonds. The fraction of sp³-hybridized carbons (Fsp3) is 0. The van der Waals surface area contributed by atoms with E-state index in [9.17, 15) is 15.2 Å². The van der Waals surface area contributed by atoms with E-state index in [0.29, 0.717) is 5.39 Å². The summed E-state index contributed by atoms with van der Waals surface area (Å²) in [7, 11) is 0. The van der Waals surface area contributed by atoms with Crippen LogP contribution in [0, 0.1) is 10.1 Å². The maximum Gasteiger partial charge on any atom is 0.270 e. The van der Waals surface area contributed by atoms with Crippen LogP contribution in [0.3, 0.4) is 0 Å². The molecule has 0 spiro atoms. The minimum absolute atomic E-state index is 0.0252. The van der Waals surface area contributed by atoms with Gasteiger partial charge in [0.2, 0.25) is 0 Å². The van der Waals surface area contributed by atoms with Crippen molar-refractivity contribution in [2.24, 2.45) is 0 Å². The van der Waals surface area contributed by atoms with E-state index in [1.54, 1.807) is 12.1 Å². The van der Waals surface area contributed by atoms with E-state index in [-0.39, 0.29) is 11.4 Å². The van der Waals surface area contributed by atoms with Crippen molar-refractivity contribution in [2.45, 2.75) is 0 Å². The van der Waals surface area contributed by atoms with Crippen LogP contribution in [0.25, 0.3) is 21.5 Å². The summed E-state index contributed by atoms with van der Waals surface area (Å²) in [6.45, 7) is 0. The number of nitrogens with zero attached hydrogens (tertiary/aromatic N) is 1. The molecule has 4 heteroatoms. The molecule has 3 aromatic carbocycles. The van der Waals surface area contributed by atoms with E-state index in [1.165, 1.54) is 12.1 Å². The van der Waals surface area contributed by atoms with Gasteiger partial charge in [0.1, 0.15) is 5.75 Å². The molecule has 0 aromatic heterocycles. The Morgan fingerprint density at radius 2 is 1.67 bits per heavy atom. The van der Waals surface area contributed by atoms with Crippen molar-refractivity contribution in [3.05, 3.63) is 58.6 Å². The van der Waals surface area contributed by atoms with Crippen molar-refractivity contribution in [2.75, 3.05) is 0 Å². The lowest BCUT2D eigenvalue weighted by Crippen LogP contribution is -1.87. The predicted octanol–water partition coefficient (Wildman–Crippen LogP) is 3.61. The number of rotatable bonds is 1. The summed E-state index contributed by atoms with van der Waals surface area (Å²) in [5, 5.41) is 23.9. The quantitative estimate of drug-likeness (QED) is 0.401. The summed E-state index contributed by atoms with van der Waals surface area (Å²) >= 11 is 0. The molecule has 4 nitrogen and oxygen atoms in total. The molecular formula is C14H9NO3. The number of phenols is 1. The van der Waals surface area contributed by atoms with Gasteiger partial charge in [-0.3, -0.25) is 10.1 Å². The first-order valence-electron chi connectivity index (χ1n) is 5.46.